The molecule has 1 heterocycles. The second-order valence-electron chi connectivity index (χ2n) is 9.90. The van der Waals surface area contributed by atoms with Crippen molar-refractivity contribution in [2.75, 3.05) is 39.5 Å². The Morgan fingerprint density at radius 2 is 1.93 bits per heavy atom. The molecule has 0 aliphatic carbocycles. The minimum atomic E-state index is -0.923. The summed E-state index contributed by atoms with van der Waals surface area (Å²) in [6.45, 7) is 14.0. The number of hydrogen-bond donors (Lipinski definition) is 3. The molecule has 226 valence electrons. The summed E-state index contributed by atoms with van der Waals surface area (Å²) >= 11 is 5.42. The molecular formula is C34H48ClNO5. The van der Waals surface area contributed by atoms with Gasteiger partial charge < -0.3 is 24.8 Å². The molecule has 3 N–H and O–H groups in total. The largest absolute Gasteiger partial charge is 0.507 e. The molecule has 6 nitrogen and oxygen atoms in total. The molecule has 7 heteroatoms. The first kappa shape index (κ1) is 36.2. The Bertz CT molecular complexity index is 1030. The number of terminal acetylenes is 1. The third-order valence-corrected chi connectivity index (χ3v) is 6.65. The fraction of sp³-hybridized carbons (Fsp3) is 0.471. The molecule has 1 aliphatic rings. The SMILES string of the molecule is C#CC/C=C(\C)Cl.C=CC[C@H](C(/C=C/C=C\C=C/C)C[C@@H](C)O)C(O)c1ccc(OCCN2CCOCC2)cc1O. The number of phenolic OH excluding ortho intramolecular Hbond substituents is 1. The van der Waals surface area contributed by atoms with E-state index in [4.69, 9.17) is 27.5 Å². The van der Waals surface area contributed by atoms with Gasteiger partial charge in [-0.25, -0.2) is 0 Å². The number of rotatable bonds is 15. The van der Waals surface area contributed by atoms with Crippen LogP contribution in [0.1, 0.15) is 51.7 Å². The number of halogens is 1. The summed E-state index contributed by atoms with van der Waals surface area (Å²) in [7, 11) is 0. The molecule has 0 radical (unpaired) electrons. The van der Waals surface area contributed by atoms with Crippen LogP contribution in [0.3, 0.4) is 0 Å². The van der Waals surface area contributed by atoms with E-state index in [0.717, 1.165) is 37.9 Å². The average Bonchev–Trinajstić information content (AvgIpc) is 2.94. The number of hydrogen-bond acceptors (Lipinski definition) is 6. The summed E-state index contributed by atoms with van der Waals surface area (Å²) in [5.41, 5.74) is 0.445. The zero-order valence-electron chi connectivity index (χ0n) is 24.8. The van der Waals surface area contributed by atoms with Gasteiger partial charge in [-0.1, -0.05) is 60.2 Å². The molecule has 0 bridgehead atoms. The van der Waals surface area contributed by atoms with Crippen LogP contribution in [-0.2, 0) is 4.74 Å². The monoisotopic (exact) mass is 585 g/mol. The minimum Gasteiger partial charge on any atom is -0.507 e. The summed E-state index contributed by atoms with van der Waals surface area (Å²) in [6, 6.07) is 5.05. The Morgan fingerprint density at radius 3 is 2.49 bits per heavy atom. The van der Waals surface area contributed by atoms with Crippen LogP contribution in [-0.4, -0.2) is 65.8 Å². The van der Waals surface area contributed by atoms with Crippen molar-refractivity contribution in [2.24, 2.45) is 11.8 Å². The Kier molecular flexibility index (Phi) is 19.3. The summed E-state index contributed by atoms with van der Waals surface area (Å²) in [6.07, 6.45) is 20.4. The molecule has 1 aliphatic heterocycles. The van der Waals surface area contributed by atoms with Gasteiger partial charge in [-0.05, 0) is 57.6 Å². The highest BCUT2D eigenvalue weighted by atomic mass is 35.5. The normalized spacial score (nSPS) is 17.5. The lowest BCUT2D eigenvalue weighted by Crippen LogP contribution is -2.38. The number of aromatic hydroxyl groups is 1. The van der Waals surface area contributed by atoms with Gasteiger partial charge in [0.05, 0.1) is 25.4 Å². The number of allylic oxidation sites excluding steroid dienone is 9. The number of aliphatic hydroxyl groups is 2. The van der Waals surface area contributed by atoms with Gasteiger partial charge in [0.2, 0.25) is 0 Å². The zero-order chi connectivity index (χ0) is 30.5. The summed E-state index contributed by atoms with van der Waals surface area (Å²) < 4.78 is 11.2. The summed E-state index contributed by atoms with van der Waals surface area (Å²) in [5.74, 6) is 2.65. The fourth-order valence-corrected chi connectivity index (χ4v) is 4.45. The van der Waals surface area contributed by atoms with E-state index in [2.05, 4.69) is 17.4 Å². The maximum atomic E-state index is 11.2. The summed E-state index contributed by atoms with van der Waals surface area (Å²) in [4.78, 5) is 2.28. The van der Waals surface area contributed by atoms with Crippen LogP contribution in [0.4, 0.5) is 0 Å². The van der Waals surface area contributed by atoms with E-state index in [1.165, 1.54) is 0 Å². The lowest BCUT2D eigenvalue weighted by atomic mass is 9.79. The van der Waals surface area contributed by atoms with Gasteiger partial charge in [-0.15, -0.1) is 18.9 Å². The van der Waals surface area contributed by atoms with Crippen LogP contribution in [0, 0.1) is 24.2 Å². The van der Waals surface area contributed by atoms with Gasteiger partial charge in [0.1, 0.15) is 18.1 Å². The van der Waals surface area contributed by atoms with Crippen molar-refractivity contribution in [3.63, 3.8) is 0 Å². The smallest absolute Gasteiger partial charge is 0.125 e. The molecule has 4 atom stereocenters. The first-order valence-corrected chi connectivity index (χ1v) is 14.6. The third kappa shape index (κ3) is 15.7. The minimum absolute atomic E-state index is 0.00168. The van der Waals surface area contributed by atoms with E-state index < -0.39 is 12.2 Å². The van der Waals surface area contributed by atoms with Crippen molar-refractivity contribution in [1.29, 1.82) is 0 Å². The molecule has 0 spiro atoms. The highest BCUT2D eigenvalue weighted by molar-refractivity contribution is 6.29. The second-order valence-corrected chi connectivity index (χ2v) is 10.5. The van der Waals surface area contributed by atoms with Gasteiger partial charge in [0.25, 0.3) is 0 Å². The number of benzene rings is 1. The van der Waals surface area contributed by atoms with E-state index in [9.17, 15) is 15.3 Å². The molecule has 2 rings (SSSR count). The lowest BCUT2D eigenvalue weighted by Gasteiger charge is -2.30. The predicted octanol–water partition coefficient (Wildman–Crippen LogP) is 6.56. The first-order valence-electron chi connectivity index (χ1n) is 14.2. The topological polar surface area (TPSA) is 82.4 Å². The number of morpholine rings is 1. The van der Waals surface area contributed by atoms with Crippen molar-refractivity contribution in [2.45, 2.75) is 52.2 Å². The van der Waals surface area contributed by atoms with Crippen molar-refractivity contribution in [3.8, 4) is 23.8 Å². The third-order valence-electron chi connectivity index (χ3n) is 6.49. The fourth-order valence-electron chi connectivity index (χ4n) is 4.38. The van der Waals surface area contributed by atoms with Crippen molar-refractivity contribution >= 4 is 11.6 Å². The van der Waals surface area contributed by atoms with Crippen LogP contribution in [0.25, 0.3) is 0 Å². The van der Waals surface area contributed by atoms with E-state index in [-0.39, 0.29) is 17.6 Å². The number of ether oxygens (including phenoxy) is 2. The molecule has 0 saturated carbocycles. The molecule has 1 aromatic carbocycles. The molecule has 41 heavy (non-hydrogen) atoms. The van der Waals surface area contributed by atoms with Crippen LogP contribution in [0.15, 0.2) is 78.4 Å². The Hall–Kier alpha value is -2.79. The Balaban J connectivity index is 0.00000106. The average molecular weight is 586 g/mol. The Morgan fingerprint density at radius 1 is 1.22 bits per heavy atom. The molecule has 1 fully saturated rings. The van der Waals surface area contributed by atoms with Crippen LogP contribution < -0.4 is 4.74 Å². The maximum Gasteiger partial charge on any atom is 0.125 e. The number of nitrogens with zero attached hydrogens (tertiary/aromatic N) is 1. The summed E-state index contributed by atoms with van der Waals surface area (Å²) in [5, 5.41) is 32.7. The second kappa shape index (κ2) is 21.9. The quantitative estimate of drug-likeness (QED) is 0.123. The maximum absolute atomic E-state index is 11.2. The predicted molar refractivity (Wildman–Crippen MR) is 170 cm³/mol. The highest BCUT2D eigenvalue weighted by Gasteiger charge is 2.29. The highest BCUT2D eigenvalue weighted by Crippen LogP contribution is 2.39. The molecule has 1 aromatic rings. The van der Waals surface area contributed by atoms with E-state index in [1.54, 1.807) is 44.2 Å². The molecule has 2 unspecified atom stereocenters. The van der Waals surface area contributed by atoms with Crippen molar-refractivity contribution in [3.05, 3.63) is 84.0 Å². The number of aliphatic hydroxyl groups excluding tert-OH is 2. The van der Waals surface area contributed by atoms with E-state index >= 15 is 0 Å². The van der Waals surface area contributed by atoms with Gasteiger partial charge >= 0.3 is 0 Å². The number of phenols is 1. The first-order chi connectivity index (χ1) is 19.7. The van der Waals surface area contributed by atoms with Crippen LogP contribution >= 0.6 is 11.6 Å². The molecule has 0 aromatic heterocycles. The van der Waals surface area contributed by atoms with Gasteiger partial charge in [-0.3, -0.25) is 4.90 Å². The Labute approximate surface area is 252 Å². The van der Waals surface area contributed by atoms with Gasteiger partial charge in [0, 0.05) is 42.7 Å². The van der Waals surface area contributed by atoms with Crippen LogP contribution in [0.5, 0.6) is 11.5 Å². The van der Waals surface area contributed by atoms with E-state index in [1.807, 2.05) is 43.4 Å². The standard InChI is InChI=1S/C28H41NO5.C6H7Cl/c1-4-6-7-8-9-11-23(20-22(3)30)25(10-5-2)28(32)26-13-12-24(21-27(26)31)34-19-16-29-14-17-33-18-15-29;1-3-4-5-6(2)7/h4-9,11-13,21-23,25,28,30-32H,2,10,14-20H2,1,3H3;1,5H,4H2,2H3/b6-4-,8-7-,11-9+;6-5+/t22-,23?,25-,28?;/m1./s1. The van der Waals surface area contributed by atoms with Crippen molar-refractivity contribution in [1.82, 2.24) is 4.90 Å². The van der Waals surface area contributed by atoms with Crippen molar-refractivity contribution < 1.29 is 24.8 Å². The molecular weight excluding hydrogens is 538 g/mol. The lowest BCUT2D eigenvalue weighted by molar-refractivity contribution is 0.0322. The van der Waals surface area contributed by atoms with Crippen LogP contribution in [0.2, 0.25) is 0 Å². The van der Waals surface area contributed by atoms with E-state index in [0.29, 0.717) is 37.2 Å². The molecule has 1 saturated heterocycles. The van der Waals surface area contributed by atoms with Gasteiger partial charge in [0.15, 0.2) is 0 Å². The molecule has 0 amide bonds. The zero-order valence-corrected chi connectivity index (χ0v) is 25.5. The van der Waals surface area contributed by atoms with Gasteiger partial charge in [-0.2, -0.15) is 0 Å².